The first-order valence-electron chi connectivity index (χ1n) is 5.70. The first kappa shape index (κ1) is 11.6. The predicted molar refractivity (Wildman–Crippen MR) is 78.6 cm³/mol. The fraction of sp³-hybridized carbons (Fsp3) is 0.417. The Balaban J connectivity index is 1.92. The minimum absolute atomic E-state index is 0.526. The van der Waals surface area contributed by atoms with Gasteiger partial charge in [0.15, 0.2) is 0 Å². The molecule has 1 atom stereocenters. The van der Waals surface area contributed by atoms with E-state index in [2.05, 4.69) is 10.3 Å². The third-order valence-corrected chi connectivity index (χ3v) is 5.28. The van der Waals surface area contributed by atoms with Gasteiger partial charge in [-0.3, -0.25) is 0 Å². The number of aromatic nitrogens is 1. The highest BCUT2D eigenvalue weighted by Crippen LogP contribution is 2.34. The Morgan fingerprint density at radius 1 is 1.41 bits per heavy atom. The van der Waals surface area contributed by atoms with Crippen LogP contribution < -0.4 is 5.32 Å². The molecular weight excluding hydrogens is 272 g/mol. The van der Waals surface area contributed by atoms with Crippen LogP contribution in [0.4, 0.5) is 5.69 Å². The molecule has 17 heavy (non-hydrogen) atoms. The Bertz CT molecular complexity index is 520. The van der Waals surface area contributed by atoms with Crippen LogP contribution in [0.3, 0.4) is 0 Å². The number of anilines is 1. The van der Waals surface area contributed by atoms with Crippen molar-refractivity contribution in [1.82, 2.24) is 4.98 Å². The number of hydrogen-bond acceptors (Lipinski definition) is 4. The highest BCUT2D eigenvalue weighted by Gasteiger charge is 2.16. The molecule has 0 saturated carbocycles. The van der Waals surface area contributed by atoms with Crippen LogP contribution in [0.25, 0.3) is 10.2 Å². The van der Waals surface area contributed by atoms with E-state index < -0.39 is 0 Å². The maximum Gasteiger partial charge on any atom is 0.106 e. The molecule has 0 aliphatic carbocycles. The fourth-order valence-electron chi connectivity index (χ4n) is 2.10. The lowest BCUT2D eigenvalue weighted by Gasteiger charge is -2.24. The van der Waals surface area contributed by atoms with Crippen LogP contribution in [0, 0.1) is 0 Å². The van der Waals surface area contributed by atoms with E-state index in [1.165, 1.54) is 23.3 Å². The number of hydrogen-bond donors (Lipinski definition) is 1. The molecule has 90 valence electrons. The average molecular weight is 285 g/mol. The van der Waals surface area contributed by atoms with Gasteiger partial charge in [0.25, 0.3) is 0 Å². The summed E-state index contributed by atoms with van der Waals surface area (Å²) in [5, 5.41) is 4.35. The van der Waals surface area contributed by atoms with Crippen LogP contribution in [-0.4, -0.2) is 22.5 Å². The van der Waals surface area contributed by atoms with Crippen LogP contribution >= 0.6 is 34.7 Å². The molecule has 0 bridgehead atoms. The molecule has 1 aromatic carbocycles. The minimum atomic E-state index is 0.526. The molecule has 1 aromatic heterocycles. The minimum Gasteiger partial charge on any atom is -0.378 e. The lowest BCUT2D eigenvalue weighted by molar-refractivity contribution is 0.686. The lowest BCUT2D eigenvalue weighted by Crippen LogP contribution is -2.25. The molecule has 2 aromatic rings. The number of thiazole rings is 1. The van der Waals surface area contributed by atoms with Crippen molar-refractivity contribution in [2.45, 2.75) is 18.9 Å². The van der Waals surface area contributed by atoms with Crippen molar-refractivity contribution in [2.75, 3.05) is 16.8 Å². The Kier molecular flexibility index (Phi) is 3.45. The molecule has 5 heteroatoms. The van der Waals surface area contributed by atoms with E-state index in [1.54, 1.807) is 11.3 Å². The third-order valence-electron chi connectivity index (χ3n) is 2.96. The van der Waals surface area contributed by atoms with Crippen molar-refractivity contribution in [1.29, 1.82) is 0 Å². The van der Waals surface area contributed by atoms with E-state index in [0.717, 1.165) is 22.0 Å². The van der Waals surface area contributed by atoms with Gasteiger partial charge in [0.2, 0.25) is 0 Å². The molecule has 2 heterocycles. The molecule has 1 aliphatic heterocycles. The topological polar surface area (TPSA) is 24.9 Å². The standard InChI is InChI=1S/C12H13ClN2S2/c13-9-3-4-10-12(14-7-17-10)11(9)15-8-2-1-5-16-6-8/h3-4,7-8,15H,1-2,5-6H2. The molecule has 0 spiro atoms. The van der Waals surface area contributed by atoms with Crippen LogP contribution in [0.2, 0.25) is 5.02 Å². The van der Waals surface area contributed by atoms with E-state index in [-0.39, 0.29) is 0 Å². The first-order chi connectivity index (χ1) is 8.34. The Morgan fingerprint density at radius 3 is 3.18 bits per heavy atom. The molecule has 1 unspecified atom stereocenters. The number of nitrogens with one attached hydrogen (secondary N) is 1. The maximum absolute atomic E-state index is 6.27. The van der Waals surface area contributed by atoms with Gasteiger partial charge in [0.1, 0.15) is 5.52 Å². The number of fused-ring (bicyclic) bond motifs is 1. The van der Waals surface area contributed by atoms with Crippen molar-refractivity contribution in [3.8, 4) is 0 Å². The van der Waals surface area contributed by atoms with Gasteiger partial charge in [-0.25, -0.2) is 4.98 Å². The second-order valence-corrected chi connectivity index (χ2v) is 6.62. The Morgan fingerprint density at radius 2 is 2.35 bits per heavy atom. The quantitative estimate of drug-likeness (QED) is 0.892. The number of thioether (sulfide) groups is 1. The SMILES string of the molecule is Clc1ccc2scnc2c1NC1CCCSC1. The van der Waals surface area contributed by atoms with Gasteiger partial charge in [0.05, 0.1) is 20.9 Å². The van der Waals surface area contributed by atoms with Crippen molar-refractivity contribution < 1.29 is 0 Å². The predicted octanol–water partition coefficient (Wildman–Crippen LogP) is 4.26. The summed E-state index contributed by atoms with van der Waals surface area (Å²) in [6.07, 6.45) is 2.51. The van der Waals surface area contributed by atoms with E-state index in [9.17, 15) is 0 Å². The summed E-state index contributed by atoms with van der Waals surface area (Å²) in [6, 6.07) is 4.52. The molecule has 1 saturated heterocycles. The van der Waals surface area contributed by atoms with Crippen LogP contribution in [-0.2, 0) is 0 Å². The van der Waals surface area contributed by atoms with E-state index >= 15 is 0 Å². The highest BCUT2D eigenvalue weighted by atomic mass is 35.5. The second kappa shape index (κ2) is 5.04. The van der Waals surface area contributed by atoms with Crippen molar-refractivity contribution in [3.63, 3.8) is 0 Å². The fourth-order valence-corrected chi connectivity index (χ4v) is 4.07. The molecule has 1 fully saturated rings. The molecule has 2 nitrogen and oxygen atoms in total. The molecule has 3 rings (SSSR count). The van der Waals surface area contributed by atoms with Crippen LogP contribution in [0.1, 0.15) is 12.8 Å². The zero-order valence-corrected chi connectivity index (χ0v) is 11.7. The Hall–Kier alpha value is -0.450. The molecular formula is C12H13ClN2S2. The second-order valence-electron chi connectivity index (χ2n) is 4.18. The summed E-state index contributed by atoms with van der Waals surface area (Å²) >= 11 is 9.94. The van der Waals surface area contributed by atoms with Gasteiger partial charge >= 0.3 is 0 Å². The van der Waals surface area contributed by atoms with E-state index in [0.29, 0.717) is 6.04 Å². The number of benzene rings is 1. The third kappa shape index (κ3) is 2.39. The zero-order valence-electron chi connectivity index (χ0n) is 9.28. The van der Waals surface area contributed by atoms with Crippen LogP contribution in [0.5, 0.6) is 0 Å². The summed E-state index contributed by atoms with van der Waals surface area (Å²) in [5.41, 5.74) is 3.90. The average Bonchev–Trinajstić information content (AvgIpc) is 2.83. The van der Waals surface area contributed by atoms with Crippen molar-refractivity contribution >= 4 is 50.6 Å². The Labute approximate surface area is 114 Å². The van der Waals surface area contributed by atoms with E-state index in [4.69, 9.17) is 11.6 Å². The summed E-state index contributed by atoms with van der Waals surface area (Å²) in [5.74, 6) is 2.45. The maximum atomic E-state index is 6.27. The summed E-state index contributed by atoms with van der Waals surface area (Å²) < 4.78 is 1.19. The summed E-state index contributed by atoms with van der Waals surface area (Å²) in [6.45, 7) is 0. The molecule has 1 N–H and O–H groups in total. The smallest absolute Gasteiger partial charge is 0.106 e. The zero-order chi connectivity index (χ0) is 11.7. The molecule has 1 aliphatic rings. The van der Waals surface area contributed by atoms with Crippen molar-refractivity contribution in [2.24, 2.45) is 0 Å². The summed E-state index contributed by atoms with van der Waals surface area (Å²) in [7, 11) is 0. The lowest BCUT2D eigenvalue weighted by atomic mass is 10.1. The number of rotatable bonds is 2. The molecule has 0 amide bonds. The monoisotopic (exact) mass is 284 g/mol. The molecule has 0 radical (unpaired) electrons. The summed E-state index contributed by atoms with van der Waals surface area (Å²) in [4.78, 5) is 4.41. The van der Waals surface area contributed by atoms with Gasteiger partial charge in [-0.05, 0) is 30.7 Å². The van der Waals surface area contributed by atoms with E-state index in [1.807, 2.05) is 29.4 Å². The van der Waals surface area contributed by atoms with Gasteiger partial charge in [0, 0.05) is 11.8 Å². The van der Waals surface area contributed by atoms with Gasteiger partial charge < -0.3 is 5.32 Å². The normalized spacial score (nSPS) is 20.6. The van der Waals surface area contributed by atoms with Gasteiger partial charge in [-0.15, -0.1) is 11.3 Å². The first-order valence-corrected chi connectivity index (χ1v) is 8.12. The number of nitrogens with zero attached hydrogens (tertiary/aromatic N) is 1. The highest BCUT2D eigenvalue weighted by molar-refractivity contribution is 7.99. The van der Waals surface area contributed by atoms with Crippen LogP contribution in [0.15, 0.2) is 17.6 Å². The largest absolute Gasteiger partial charge is 0.378 e. The number of halogens is 1. The van der Waals surface area contributed by atoms with Crippen molar-refractivity contribution in [3.05, 3.63) is 22.7 Å². The van der Waals surface area contributed by atoms with Gasteiger partial charge in [-0.1, -0.05) is 11.6 Å². The van der Waals surface area contributed by atoms with Gasteiger partial charge in [-0.2, -0.15) is 11.8 Å².